The fraction of sp³-hybridized carbons (Fsp3) is 0.524. The number of piperidine rings is 2. The van der Waals surface area contributed by atoms with E-state index in [4.69, 9.17) is 0 Å². The van der Waals surface area contributed by atoms with E-state index >= 15 is 0 Å². The number of likely N-dealkylation sites (tertiary alicyclic amines) is 2. The first-order valence-corrected chi connectivity index (χ1v) is 10.7. The van der Waals surface area contributed by atoms with Gasteiger partial charge >= 0.3 is 0 Å². The molecule has 2 fully saturated rings. The smallest absolute Gasteiger partial charge is 0.254 e. The third-order valence-corrected chi connectivity index (χ3v) is 6.43. The van der Waals surface area contributed by atoms with Gasteiger partial charge < -0.3 is 4.90 Å². The third-order valence-electron chi connectivity index (χ3n) is 5.56. The molecule has 26 heavy (non-hydrogen) atoms. The van der Waals surface area contributed by atoms with Crippen molar-refractivity contribution < 1.29 is 4.79 Å². The first kappa shape index (κ1) is 17.7. The SMILES string of the molecule is O=C(c1ccc(CN2CCCCC2)cc1)N1CCCC[C@H]1c1nccs1. The minimum Gasteiger partial charge on any atom is -0.329 e. The van der Waals surface area contributed by atoms with Gasteiger partial charge in [-0.2, -0.15) is 0 Å². The number of nitrogens with zero attached hydrogens (tertiary/aromatic N) is 3. The number of carbonyl (C=O) groups is 1. The molecule has 0 radical (unpaired) electrons. The van der Waals surface area contributed by atoms with Gasteiger partial charge in [0, 0.05) is 30.2 Å². The molecule has 1 amide bonds. The molecule has 138 valence electrons. The molecule has 2 aliphatic rings. The fourth-order valence-corrected chi connectivity index (χ4v) is 4.91. The Morgan fingerprint density at radius 1 is 1.04 bits per heavy atom. The van der Waals surface area contributed by atoms with Crippen molar-refractivity contribution in [3.63, 3.8) is 0 Å². The first-order valence-electron chi connectivity index (χ1n) is 9.83. The summed E-state index contributed by atoms with van der Waals surface area (Å²) in [6.07, 6.45) is 9.09. The zero-order chi connectivity index (χ0) is 17.8. The van der Waals surface area contributed by atoms with Gasteiger partial charge in [-0.25, -0.2) is 4.98 Å². The summed E-state index contributed by atoms with van der Waals surface area (Å²) in [5.41, 5.74) is 2.11. The topological polar surface area (TPSA) is 36.4 Å². The molecule has 0 aliphatic carbocycles. The normalized spacial score (nSPS) is 21.7. The maximum absolute atomic E-state index is 13.1. The standard InChI is InChI=1S/C21H27N3OS/c25-21(24-14-5-2-6-19(24)20-22-11-15-26-20)18-9-7-17(8-10-18)16-23-12-3-1-4-13-23/h7-11,15,19H,1-6,12-14,16H2/t19-/m0/s1. The monoisotopic (exact) mass is 369 g/mol. The number of rotatable bonds is 4. The van der Waals surface area contributed by atoms with Crippen molar-refractivity contribution >= 4 is 17.2 Å². The Morgan fingerprint density at radius 2 is 1.81 bits per heavy atom. The second-order valence-corrected chi connectivity index (χ2v) is 8.34. The Kier molecular flexibility index (Phi) is 5.65. The Hall–Kier alpha value is -1.72. The summed E-state index contributed by atoms with van der Waals surface area (Å²) in [4.78, 5) is 22.1. The van der Waals surface area contributed by atoms with Crippen LogP contribution < -0.4 is 0 Å². The van der Waals surface area contributed by atoms with Gasteiger partial charge in [-0.1, -0.05) is 18.6 Å². The zero-order valence-electron chi connectivity index (χ0n) is 15.3. The van der Waals surface area contributed by atoms with E-state index in [-0.39, 0.29) is 11.9 Å². The second-order valence-electron chi connectivity index (χ2n) is 7.41. The van der Waals surface area contributed by atoms with Crippen molar-refractivity contribution in [3.05, 3.63) is 52.0 Å². The number of aromatic nitrogens is 1. The van der Waals surface area contributed by atoms with Gasteiger partial charge in [0.2, 0.25) is 0 Å². The van der Waals surface area contributed by atoms with Crippen LogP contribution in [0.15, 0.2) is 35.8 Å². The van der Waals surface area contributed by atoms with E-state index in [0.717, 1.165) is 36.5 Å². The van der Waals surface area contributed by atoms with Crippen LogP contribution in [0.25, 0.3) is 0 Å². The van der Waals surface area contributed by atoms with E-state index < -0.39 is 0 Å². The molecular weight excluding hydrogens is 342 g/mol. The minimum atomic E-state index is 0.143. The van der Waals surface area contributed by atoms with Crippen LogP contribution in [0.5, 0.6) is 0 Å². The van der Waals surface area contributed by atoms with Crippen LogP contribution in [0.1, 0.15) is 65.5 Å². The lowest BCUT2D eigenvalue weighted by atomic mass is 10.0. The molecule has 4 nitrogen and oxygen atoms in total. The summed E-state index contributed by atoms with van der Waals surface area (Å²) in [6.45, 7) is 4.23. The molecule has 5 heteroatoms. The van der Waals surface area contributed by atoms with Gasteiger partial charge in [0.25, 0.3) is 5.91 Å². The van der Waals surface area contributed by atoms with Crippen LogP contribution in [-0.4, -0.2) is 40.3 Å². The molecule has 1 aromatic heterocycles. The third kappa shape index (κ3) is 3.99. The van der Waals surface area contributed by atoms with Crippen LogP contribution in [0.3, 0.4) is 0 Å². The number of thiazole rings is 1. The van der Waals surface area contributed by atoms with E-state index in [2.05, 4.69) is 22.0 Å². The molecule has 2 aromatic rings. The molecule has 2 saturated heterocycles. The fourth-order valence-electron chi connectivity index (χ4n) is 4.12. The zero-order valence-corrected chi connectivity index (χ0v) is 16.1. The number of carbonyl (C=O) groups excluding carboxylic acids is 1. The quantitative estimate of drug-likeness (QED) is 0.796. The lowest BCUT2D eigenvalue weighted by Gasteiger charge is -2.34. The summed E-state index contributed by atoms with van der Waals surface area (Å²) in [7, 11) is 0. The van der Waals surface area contributed by atoms with Crippen LogP contribution in [-0.2, 0) is 6.54 Å². The van der Waals surface area contributed by atoms with E-state index in [1.54, 1.807) is 11.3 Å². The number of amides is 1. The molecule has 3 heterocycles. The predicted octanol–water partition coefficient (Wildman–Crippen LogP) is 4.50. The second kappa shape index (κ2) is 8.31. The number of hydrogen-bond donors (Lipinski definition) is 0. The molecule has 0 bridgehead atoms. The molecule has 0 saturated carbocycles. The Bertz CT molecular complexity index is 707. The van der Waals surface area contributed by atoms with E-state index in [1.165, 1.54) is 44.3 Å². The van der Waals surface area contributed by atoms with E-state index in [1.807, 2.05) is 28.6 Å². The maximum Gasteiger partial charge on any atom is 0.254 e. The summed E-state index contributed by atoms with van der Waals surface area (Å²) in [5.74, 6) is 0.148. The minimum absolute atomic E-state index is 0.143. The Labute approximate surface area is 159 Å². The lowest BCUT2D eigenvalue weighted by Crippen LogP contribution is -2.38. The van der Waals surface area contributed by atoms with Crippen molar-refractivity contribution in [1.82, 2.24) is 14.8 Å². The maximum atomic E-state index is 13.1. The average molecular weight is 370 g/mol. The first-order chi connectivity index (χ1) is 12.8. The molecule has 4 rings (SSSR count). The van der Waals surface area contributed by atoms with Gasteiger partial charge in [-0.15, -0.1) is 11.3 Å². The van der Waals surface area contributed by atoms with Crippen molar-refractivity contribution in [2.75, 3.05) is 19.6 Å². The van der Waals surface area contributed by atoms with Crippen LogP contribution in [0.2, 0.25) is 0 Å². The van der Waals surface area contributed by atoms with Gasteiger partial charge in [0.05, 0.1) is 6.04 Å². The molecule has 1 atom stereocenters. The molecule has 1 aromatic carbocycles. The highest BCUT2D eigenvalue weighted by atomic mass is 32.1. The van der Waals surface area contributed by atoms with E-state index in [9.17, 15) is 4.79 Å². The van der Waals surface area contributed by atoms with Crippen molar-refractivity contribution in [1.29, 1.82) is 0 Å². The summed E-state index contributed by atoms with van der Waals surface area (Å²) >= 11 is 1.66. The van der Waals surface area contributed by atoms with Gasteiger partial charge in [0.15, 0.2) is 0 Å². The highest BCUT2D eigenvalue weighted by Crippen LogP contribution is 2.33. The highest BCUT2D eigenvalue weighted by molar-refractivity contribution is 7.09. The Balaban J connectivity index is 1.45. The number of hydrogen-bond acceptors (Lipinski definition) is 4. The van der Waals surface area contributed by atoms with Crippen molar-refractivity contribution in [3.8, 4) is 0 Å². The predicted molar refractivity (Wildman–Crippen MR) is 105 cm³/mol. The van der Waals surface area contributed by atoms with Crippen molar-refractivity contribution in [2.45, 2.75) is 51.1 Å². The van der Waals surface area contributed by atoms with Crippen LogP contribution in [0.4, 0.5) is 0 Å². The molecule has 2 aliphatic heterocycles. The van der Waals surface area contributed by atoms with Gasteiger partial charge in [-0.05, 0) is 62.9 Å². The lowest BCUT2D eigenvalue weighted by molar-refractivity contribution is 0.0611. The largest absolute Gasteiger partial charge is 0.329 e. The molecule has 0 spiro atoms. The van der Waals surface area contributed by atoms with E-state index in [0.29, 0.717) is 0 Å². The van der Waals surface area contributed by atoms with Gasteiger partial charge in [0.1, 0.15) is 5.01 Å². The Morgan fingerprint density at radius 3 is 2.54 bits per heavy atom. The summed E-state index contributed by atoms with van der Waals surface area (Å²) in [5, 5.41) is 3.07. The van der Waals surface area contributed by atoms with Gasteiger partial charge in [-0.3, -0.25) is 9.69 Å². The number of benzene rings is 1. The summed E-state index contributed by atoms with van der Waals surface area (Å²) < 4.78 is 0. The summed E-state index contributed by atoms with van der Waals surface area (Å²) in [6, 6.07) is 8.42. The molecule has 0 N–H and O–H groups in total. The molecule has 0 unspecified atom stereocenters. The molecular formula is C21H27N3OS. The highest BCUT2D eigenvalue weighted by Gasteiger charge is 2.30. The van der Waals surface area contributed by atoms with Crippen LogP contribution >= 0.6 is 11.3 Å². The average Bonchev–Trinajstić information content (AvgIpc) is 3.24. The van der Waals surface area contributed by atoms with Crippen molar-refractivity contribution in [2.24, 2.45) is 0 Å². The van der Waals surface area contributed by atoms with Crippen LogP contribution in [0, 0.1) is 0 Å².